The highest BCUT2D eigenvalue weighted by Crippen LogP contribution is 2.33. The van der Waals surface area contributed by atoms with Crippen molar-refractivity contribution in [2.75, 3.05) is 19.6 Å². The van der Waals surface area contributed by atoms with E-state index in [4.69, 9.17) is 14.2 Å². The SMILES string of the molecule is COc1ccc(-c2csc(N/N=C\c3cccc(OC(C)C)c3)n2)cc1OC. The van der Waals surface area contributed by atoms with Crippen molar-refractivity contribution in [3.63, 3.8) is 0 Å². The molecule has 1 heterocycles. The number of benzene rings is 2. The second kappa shape index (κ2) is 9.23. The smallest absolute Gasteiger partial charge is 0.203 e. The van der Waals surface area contributed by atoms with Crippen molar-refractivity contribution in [2.24, 2.45) is 5.10 Å². The molecule has 0 saturated carbocycles. The fourth-order valence-electron chi connectivity index (χ4n) is 2.56. The van der Waals surface area contributed by atoms with Gasteiger partial charge in [0.05, 0.1) is 32.2 Å². The van der Waals surface area contributed by atoms with Gasteiger partial charge in [-0.15, -0.1) is 11.3 Å². The van der Waals surface area contributed by atoms with Crippen molar-refractivity contribution in [2.45, 2.75) is 20.0 Å². The average Bonchev–Trinajstić information content (AvgIpc) is 3.16. The van der Waals surface area contributed by atoms with Crippen LogP contribution < -0.4 is 19.6 Å². The fourth-order valence-corrected chi connectivity index (χ4v) is 3.22. The van der Waals surface area contributed by atoms with Gasteiger partial charge in [0.2, 0.25) is 5.13 Å². The van der Waals surface area contributed by atoms with Crippen LogP contribution in [0, 0.1) is 0 Å². The van der Waals surface area contributed by atoms with Crippen molar-refractivity contribution in [1.82, 2.24) is 4.98 Å². The summed E-state index contributed by atoms with van der Waals surface area (Å²) in [5, 5.41) is 6.95. The minimum Gasteiger partial charge on any atom is -0.493 e. The number of aromatic nitrogens is 1. The number of hydrazone groups is 1. The Morgan fingerprint density at radius 1 is 1.07 bits per heavy atom. The van der Waals surface area contributed by atoms with Crippen molar-refractivity contribution in [1.29, 1.82) is 0 Å². The number of hydrogen-bond donors (Lipinski definition) is 1. The molecule has 0 atom stereocenters. The third-order valence-electron chi connectivity index (χ3n) is 3.79. The molecule has 0 aliphatic rings. The summed E-state index contributed by atoms with van der Waals surface area (Å²) >= 11 is 1.48. The zero-order chi connectivity index (χ0) is 19.9. The van der Waals surface area contributed by atoms with Gasteiger partial charge in [0.25, 0.3) is 0 Å². The second-order valence-corrected chi connectivity index (χ2v) is 7.07. The van der Waals surface area contributed by atoms with Crippen LogP contribution in [0.15, 0.2) is 52.9 Å². The van der Waals surface area contributed by atoms with Gasteiger partial charge >= 0.3 is 0 Å². The van der Waals surface area contributed by atoms with Gasteiger partial charge in [-0.05, 0) is 49.7 Å². The lowest BCUT2D eigenvalue weighted by molar-refractivity contribution is 0.242. The lowest BCUT2D eigenvalue weighted by Gasteiger charge is -2.09. The first-order valence-electron chi connectivity index (χ1n) is 8.82. The number of nitrogens with zero attached hydrogens (tertiary/aromatic N) is 2. The van der Waals surface area contributed by atoms with Gasteiger partial charge in [-0.25, -0.2) is 4.98 Å². The van der Waals surface area contributed by atoms with E-state index in [-0.39, 0.29) is 6.10 Å². The number of rotatable bonds is 8. The molecule has 0 aliphatic heterocycles. The number of thiazole rings is 1. The highest BCUT2D eigenvalue weighted by Gasteiger charge is 2.09. The van der Waals surface area contributed by atoms with Crippen molar-refractivity contribution in [3.8, 4) is 28.5 Å². The zero-order valence-corrected chi connectivity index (χ0v) is 17.1. The first-order chi connectivity index (χ1) is 13.6. The number of anilines is 1. The molecule has 1 N–H and O–H groups in total. The van der Waals surface area contributed by atoms with Crippen LogP contribution in [0.4, 0.5) is 5.13 Å². The van der Waals surface area contributed by atoms with Crippen LogP contribution in [0.3, 0.4) is 0 Å². The van der Waals surface area contributed by atoms with E-state index in [1.807, 2.05) is 61.7 Å². The summed E-state index contributed by atoms with van der Waals surface area (Å²) in [4.78, 5) is 4.57. The van der Waals surface area contributed by atoms with E-state index in [0.29, 0.717) is 16.6 Å². The zero-order valence-electron chi connectivity index (χ0n) is 16.3. The topological polar surface area (TPSA) is 65.0 Å². The van der Waals surface area contributed by atoms with E-state index in [9.17, 15) is 0 Å². The maximum atomic E-state index is 5.70. The Kier molecular flexibility index (Phi) is 6.49. The molecule has 3 rings (SSSR count). The highest BCUT2D eigenvalue weighted by atomic mass is 32.1. The number of methoxy groups -OCH3 is 2. The number of ether oxygens (including phenoxy) is 3. The Bertz CT molecular complexity index is 954. The largest absolute Gasteiger partial charge is 0.493 e. The van der Waals surface area contributed by atoms with Crippen molar-refractivity contribution in [3.05, 3.63) is 53.4 Å². The Morgan fingerprint density at radius 2 is 1.89 bits per heavy atom. The van der Waals surface area contributed by atoms with E-state index < -0.39 is 0 Å². The molecule has 0 saturated heterocycles. The molecule has 0 fully saturated rings. The standard InChI is InChI=1S/C21H23N3O3S/c1-14(2)27-17-7-5-6-15(10-17)12-22-24-21-23-18(13-28-21)16-8-9-19(25-3)20(11-16)26-4/h5-14H,1-4H3,(H,23,24)/b22-12-. The molecule has 146 valence electrons. The van der Waals surface area contributed by atoms with Crippen LogP contribution in [0.1, 0.15) is 19.4 Å². The van der Waals surface area contributed by atoms with Crippen LogP contribution in [0.25, 0.3) is 11.3 Å². The summed E-state index contributed by atoms with van der Waals surface area (Å²) in [6.45, 7) is 4.00. The van der Waals surface area contributed by atoms with Gasteiger partial charge in [-0.1, -0.05) is 12.1 Å². The molecule has 2 aromatic carbocycles. The Labute approximate surface area is 168 Å². The summed E-state index contributed by atoms with van der Waals surface area (Å²) in [5.41, 5.74) is 5.71. The maximum absolute atomic E-state index is 5.70. The molecule has 3 aromatic rings. The third-order valence-corrected chi connectivity index (χ3v) is 4.53. The maximum Gasteiger partial charge on any atom is 0.203 e. The first kappa shape index (κ1) is 19.7. The summed E-state index contributed by atoms with van der Waals surface area (Å²) in [5.74, 6) is 2.18. The summed E-state index contributed by atoms with van der Waals surface area (Å²) < 4.78 is 16.3. The van der Waals surface area contributed by atoms with E-state index in [1.54, 1.807) is 20.4 Å². The van der Waals surface area contributed by atoms with Crippen LogP contribution in [-0.4, -0.2) is 31.5 Å². The average molecular weight is 398 g/mol. The first-order valence-corrected chi connectivity index (χ1v) is 9.70. The highest BCUT2D eigenvalue weighted by molar-refractivity contribution is 7.14. The third kappa shape index (κ3) is 5.01. The number of hydrogen-bond acceptors (Lipinski definition) is 7. The van der Waals surface area contributed by atoms with Gasteiger partial charge in [0, 0.05) is 10.9 Å². The van der Waals surface area contributed by atoms with Gasteiger partial charge in [-0.2, -0.15) is 5.10 Å². The second-order valence-electron chi connectivity index (χ2n) is 6.22. The summed E-state index contributed by atoms with van der Waals surface area (Å²) in [7, 11) is 3.23. The van der Waals surface area contributed by atoms with Gasteiger partial charge in [-0.3, -0.25) is 5.43 Å². The van der Waals surface area contributed by atoms with Crippen LogP contribution >= 0.6 is 11.3 Å². The molecule has 0 spiro atoms. The van der Waals surface area contributed by atoms with Gasteiger partial charge < -0.3 is 14.2 Å². The molecule has 1 aromatic heterocycles. The van der Waals surface area contributed by atoms with Crippen molar-refractivity contribution >= 4 is 22.7 Å². The van der Waals surface area contributed by atoms with Crippen LogP contribution in [-0.2, 0) is 0 Å². The predicted molar refractivity (Wildman–Crippen MR) is 114 cm³/mol. The quantitative estimate of drug-likeness (QED) is 0.425. The Balaban J connectivity index is 1.67. The van der Waals surface area contributed by atoms with E-state index in [0.717, 1.165) is 22.6 Å². The van der Waals surface area contributed by atoms with Crippen molar-refractivity contribution < 1.29 is 14.2 Å². The summed E-state index contributed by atoms with van der Waals surface area (Å²) in [6.07, 6.45) is 1.88. The number of nitrogens with one attached hydrogen (secondary N) is 1. The van der Waals surface area contributed by atoms with Gasteiger partial charge in [0.1, 0.15) is 5.75 Å². The van der Waals surface area contributed by atoms with E-state index >= 15 is 0 Å². The lowest BCUT2D eigenvalue weighted by atomic mass is 10.1. The molecular formula is C21H23N3O3S. The normalized spacial score (nSPS) is 11.0. The molecule has 0 radical (unpaired) electrons. The minimum atomic E-state index is 0.135. The minimum absolute atomic E-state index is 0.135. The monoisotopic (exact) mass is 397 g/mol. The molecular weight excluding hydrogens is 374 g/mol. The molecule has 28 heavy (non-hydrogen) atoms. The Morgan fingerprint density at radius 3 is 2.64 bits per heavy atom. The van der Waals surface area contributed by atoms with Crippen LogP contribution in [0.2, 0.25) is 0 Å². The molecule has 0 unspecified atom stereocenters. The van der Waals surface area contributed by atoms with E-state index in [1.165, 1.54) is 11.3 Å². The molecule has 0 aliphatic carbocycles. The molecule has 0 bridgehead atoms. The molecule has 0 amide bonds. The van der Waals surface area contributed by atoms with E-state index in [2.05, 4.69) is 15.5 Å². The molecule has 6 nitrogen and oxygen atoms in total. The summed E-state index contributed by atoms with van der Waals surface area (Å²) in [6, 6.07) is 13.5. The lowest BCUT2D eigenvalue weighted by Crippen LogP contribution is -2.05. The fraction of sp³-hybridized carbons (Fsp3) is 0.238. The predicted octanol–water partition coefficient (Wildman–Crippen LogP) is 5.06. The molecule has 7 heteroatoms. The Hall–Kier alpha value is -3.06. The van der Waals surface area contributed by atoms with Gasteiger partial charge in [0.15, 0.2) is 11.5 Å². The van der Waals surface area contributed by atoms with Crippen LogP contribution in [0.5, 0.6) is 17.2 Å².